The summed E-state index contributed by atoms with van der Waals surface area (Å²) in [5.41, 5.74) is 0.503. The standard InChI is InChI=1S/C14H10INO4/c15-10-4-2-1-3-9(10)13(18)16-11-7-8(14(19)20)5-6-12(11)17/h1-7,17H,(H,16,18)(H,19,20). The molecule has 0 unspecified atom stereocenters. The summed E-state index contributed by atoms with van der Waals surface area (Å²) >= 11 is 2.03. The van der Waals surface area contributed by atoms with Gasteiger partial charge in [-0.3, -0.25) is 4.79 Å². The van der Waals surface area contributed by atoms with Gasteiger partial charge in [-0.15, -0.1) is 0 Å². The number of aromatic carboxylic acids is 1. The molecule has 0 atom stereocenters. The van der Waals surface area contributed by atoms with Crippen LogP contribution in [0.25, 0.3) is 0 Å². The zero-order valence-corrected chi connectivity index (χ0v) is 12.3. The van der Waals surface area contributed by atoms with Crippen molar-refractivity contribution in [2.45, 2.75) is 0 Å². The number of aromatic hydroxyl groups is 1. The van der Waals surface area contributed by atoms with E-state index in [1.807, 2.05) is 22.6 Å². The Morgan fingerprint density at radius 2 is 1.80 bits per heavy atom. The molecule has 0 aliphatic heterocycles. The van der Waals surface area contributed by atoms with Crippen LogP contribution in [-0.2, 0) is 0 Å². The van der Waals surface area contributed by atoms with Crippen molar-refractivity contribution in [2.24, 2.45) is 0 Å². The minimum atomic E-state index is -1.13. The Hall–Kier alpha value is -2.09. The van der Waals surface area contributed by atoms with Gasteiger partial charge in [0.05, 0.1) is 16.8 Å². The Bertz CT molecular complexity index is 685. The summed E-state index contributed by atoms with van der Waals surface area (Å²) in [5.74, 6) is -1.73. The second-order valence-corrected chi connectivity index (χ2v) is 5.13. The third kappa shape index (κ3) is 3.08. The van der Waals surface area contributed by atoms with Crippen LogP contribution >= 0.6 is 22.6 Å². The van der Waals surface area contributed by atoms with Gasteiger partial charge >= 0.3 is 5.97 Å². The van der Waals surface area contributed by atoms with Crippen LogP contribution in [0.1, 0.15) is 20.7 Å². The van der Waals surface area contributed by atoms with Crippen LogP contribution < -0.4 is 5.32 Å². The molecule has 0 fully saturated rings. The molecule has 3 N–H and O–H groups in total. The third-order valence-electron chi connectivity index (χ3n) is 2.61. The molecule has 0 radical (unpaired) electrons. The molecule has 102 valence electrons. The zero-order valence-electron chi connectivity index (χ0n) is 10.1. The predicted molar refractivity (Wildman–Crippen MR) is 82.2 cm³/mol. The van der Waals surface area contributed by atoms with Crippen molar-refractivity contribution in [3.8, 4) is 5.75 Å². The van der Waals surface area contributed by atoms with Crippen molar-refractivity contribution >= 4 is 40.2 Å². The molecule has 2 aromatic rings. The lowest BCUT2D eigenvalue weighted by Gasteiger charge is -2.09. The Morgan fingerprint density at radius 1 is 1.10 bits per heavy atom. The summed E-state index contributed by atoms with van der Waals surface area (Å²) in [6, 6.07) is 10.7. The average Bonchev–Trinajstić information content (AvgIpc) is 2.41. The highest BCUT2D eigenvalue weighted by atomic mass is 127. The summed E-state index contributed by atoms with van der Waals surface area (Å²) in [4.78, 5) is 23.0. The van der Waals surface area contributed by atoms with Gasteiger partial charge in [-0.25, -0.2) is 4.79 Å². The van der Waals surface area contributed by atoms with E-state index in [-0.39, 0.29) is 17.0 Å². The third-order valence-corrected chi connectivity index (χ3v) is 3.55. The lowest BCUT2D eigenvalue weighted by Crippen LogP contribution is -2.14. The topological polar surface area (TPSA) is 86.6 Å². The van der Waals surface area contributed by atoms with Crippen LogP contribution in [0.3, 0.4) is 0 Å². The molecule has 0 aliphatic carbocycles. The summed E-state index contributed by atoms with van der Waals surface area (Å²) in [6.45, 7) is 0. The summed E-state index contributed by atoms with van der Waals surface area (Å²) in [5, 5.41) is 21.1. The number of hydrogen-bond donors (Lipinski definition) is 3. The quantitative estimate of drug-likeness (QED) is 0.562. The largest absolute Gasteiger partial charge is 0.506 e. The van der Waals surface area contributed by atoms with Gasteiger partial charge < -0.3 is 15.5 Å². The van der Waals surface area contributed by atoms with Gasteiger partial charge in [0.1, 0.15) is 5.75 Å². The first kappa shape index (κ1) is 14.3. The van der Waals surface area contributed by atoms with Crippen molar-refractivity contribution in [3.05, 3.63) is 57.2 Å². The van der Waals surface area contributed by atoms with E-state index in [4.69, 9.17) is 5.11 Å². The smallest absolute Gasteiger partial charge is 0.335 e. The maximum atomic E-state index is 12.1. The zero-order chi connectivity index (χ0) is 14.7. The number of carbonyl (C=O) groups is 2. The first-order chi connectivity index (χ1) is 9.49. The molecule has 2 rings (SSSR count). The molecule has 0 aromatic heterocycles. The second kappa shape index (κ2) is 5.91. The van der Waals surface area contributed by atoms with Crippen LogP contribution in [0.5, 0.6) is 5.75 Å². The average molecular weight is 383 g/mol. The van der Waals surface area contributed by atoms with Crippen LogP contribution in [-0.4, -0.2) is 22.1 Å². The predicted octanol–water partition coefficient (Wildman–Crippen LogP) is 2.95. The second-order valence-electron chi connectivity index (χ2n) is 3.97. The highest BCUT2D eigenvalue weighted by Crippen LogP contribution is 2.25. The molecular weight excluding hydrogens is 373 g/mol. The van der Waals surface area contributed by atoms with E-state index in [2.05, 4.69) is 5.32 Å². The van der Waals surface area contributed by atoms with Gasteiger partial charge in [0.15, 0.2) is 0 Å². The molecule has 0 saturated carbocycles. The fourth-order valence-electron chi connectivity index (χ4n) is 1.60. The number of carbonyl (C=O) groups excluding carboxylic acids is 1. The molecule has 20 heavy (non-hydrogen) atoms. The minimum absolute atomic E-state index is 0.0131. The fourth-order valence-corrected chi connectivity index (χ4v) is 2.24. The van der Waals surface area contributed by atoms with Crippen LogP contribution in [0.4, 0.5) is 5.69 Å². The van der Waals surface area contributed by atoms with Crippen molar-refractivity contribution in [3.63, 3.8) is 0 Å². The highest BCUT2D eigenvalue weighted by molar-refractivity contribution is 14.1. The van der Waals surface area contributed by atoms with Gasteiger partial charge in [-0.1, -0.05) is 12.1 Å². The number of carboxylic acids is 1. The number of anilines is 1. The molecule has 2 aromatic carbocycles. The maximum Gasteiger partial charge on any atom is 0.335 e. The van der Waals surface area contributed by atoms with E-state index in [1.54, 1.807) is 24.3 Å². The summed E-state index contributed by atoms with van der Waals surface area (Å²) in [6.07, 6.45) is 0. The SMILES string of the molecule is O=C(O)c1ccc(O)c(NC(=O)c2ccccc2I)c1. The number of hydrogen-bond acceptors (Lipinski definition) is 3. The molecular formula is C14H10INO4. The number of nitrogens with one attached hydrogen (secondary N) is 1. The molecule has 0 aliphatic rings. The van der Waals surface area contributed by atoms with E-state index in [0.717, 1.165) is 3.57 Å². The van der Waals surface area contributed by atoms with E-state index in [0.29, 0.717) is 5.56 Å². The minimum Gasteiger partial charge on any atom is -0.506 e. The van der Waals surface area contributed by atoms with E-state index < -0.39 is 11.9 Å². The van der Waals surface area contributed by atoms with Crippen molar-refractivity contribution in [1.82, 2.24) is 0 Å². The lowest BCUT2D eigenvalue weighted by atomic mass is 10.1. The number of carboxylic acid groups (broad SMARTS) is 1. The molecule has 6 heteroatoms. The van der Waals surface area contributed by atoms with Crippen molar-refractivity contribution < 1.29 is 19.8 Å². The van der Waals surface area contributed by atoms with E-state index in [9.17, 15) is 14.7 Å². The van der Waals surface area contributed by atoms with E-state index in [1.165, 1.54) is 18.2 Å². The molecule has 0 heterocycles. The lowest BCUT2D eigenvalue weighted by molar-refractivity contribution is 0.0696. The van der Waals surface area contributed by atoms with Gasteiger partial charge in [-0.2, -0.15) is 0 Å². The molecule has 5 nitrogen and oxygen atoms in total. The Morgan fingerprint density at radius 3 is 2.45 bits per heavy atom. The molecule has 1 amide bonds. The highest BCUT2D eigenvalue weighted by Gasteiger charge is 2.13. The van der Waals surface area contributed by atoms with Gasteiger partial charge in [0.25, 0.3) is 5.91 Å². The van der Waals surface area contributed by atoms with Gasteiger partial charge in [-0.05, 0) is 52.9 Å². The number of halogens is 1. The maximum absolute atomic E-state index is 12.1. The molecule has 0 bridgehead atoms. The van der Waals surface area contributed by atoms with Crippen LogP contribution in [0.2, 0.25) is 0 Å². The number of phenols is 1. The van der Waals surface area contributed by atoms with Crippen LogP contribution in [0, 0.1) is 3.57 Å². The Labute approximate surface area is 128 Å². The number of phenolic OH excluding ortho intramolecular Hbond substituents is 1. The van der Waals surface area contributed by atoms with Crippen LogP contribution in [0.15, 0.2) is 42.5 Å². The first-order valence-corrected chi connectivity index (χ1v) is 6.69. The van der Waals surface area contributed by atoms with E-state index >= 15 is 0 Å². The molecule has 0 saturated heterocycles. The Balaban J connectivity index is 2.30. The van der Waals surface area contributed by atoms with Crippen molar-refractivity contribution in [1.29, 1.82) is 0 Å². The van der Waals surface area contributed by atoms with Gasteiger partial charge in [0, 0.05) is 3.57 Å². The fraction of sp³-hybridized carbons (Fsp3) is 0. The normalized spacial score (nSPS) is 10.1. The number of benzene rings is 2. The van der Waals surface area contributed by atoms with Crippen molar-refractivity contribution in [2.75, 3.05) is 5.32 Å². The number of rotatable bonds is 3. The summed E-state index contributed by atoms with van der Waals surface area (Å²) in [7, 11) is 0. The first-order valence-electron chi connectivity index (χ1n) is 5.61. The Kier molecular flexibility index (Phi) is 4.23. The monoisotopic (exact) mass is 383 g/mol. The number of amides is 1. The van der Waals surface area contributed by atoms with Gasteiger partial charge in [0.2, 0.25) is 0 Å². The molecule has 0 spiro atoms. The summed E-state index contributed by atoms with van der Waals surface area (Å²) < 4.78 is 0.761.